The van der Waals surface area contributed by atoms with Crippen molar-refractivity contribution in [3.05, 3.63) is 114 Å². The fourth-order valence-corrected chi connectivity index (χ4v) is 3.65. The van der Waals surface area contributed by atoms with Crippen molar-refractivity contribution in [3.63, 3.8) is 0 Å². The normalized spacial score (nSPS) is 10.4. The lowest BCUT2D eigenvalue weighted by atomic mass is 10.1. The lowest BCUT2D eigenvalue weighted by Crippen LogP contribution is -2.11. The summed E-state index contributed by atoms with van der Waals surface area (Å²) in [5.41, 5.74) is 8.12. The third-order valence-electron chi connectivity index (χ3n) is 5.91. The van der Waals surface area contributed by atoms with Crippen LogP contribution in [0.25, 0.3) is 0 Å². The molecule has 3 rings (SSSR count). The highest BCUT2D eigenvalue weighted by Crippen LogP contribution is 2.35. The van der Waals surface area contributed by atoms with Gasteiger partial charge in [0.1, 0.15) is 0 Å². The zero-order valence-corrected chi connectivity index (χ0v) is 21.3. The summed E-state index contributed by atoms with van der Waals surface area (Å²) in [6.07, 6.45) is 2.44. The maximum atomic E-state index is 11.6. The molecular formula is C31H33NO4. The van der Waals surface area contributed by atoms with Gasteiger partial charge in [-0.1, -0.05) is 43.5 Å². The van der Waals surface area contributed by atoms with Crippen molar-refractivity contribution < 1.29 is 19.1 Å². The molecule has 0 aromatic heterocycles. The number of esters is 2. The van der Waals surface area contributed by atoms with Crippen LogP contribution in [0.15, 0.2) is 91.5 Å². The number of carbonyl (C=O) groups excluding carboxylic acids is 2. The number of rotatable bonds is 11. The molecule has 0 saturated carbocycles. The Hall–Kier alpha value is -4.12. The summed E-state index contributed by atoms with van der Waals surface area (Å²) in [6.45, 7) is 13.5. The fourth-order valence-electron chi connectivity index (χ4n) is 3.65. The second-order valence-electron chi connectivity index (χ2n) is 8.72. The topological polar surface area (TPSA) is 55.8 Å². The van der Waals surface area contributed by atoms with Crippen LogP contribution < -0.4 is 4.90 Å². The summed E-state index contributed by atoms with van der Waals surface area (Å²) in [6, 6.07) is 23.0. The summed E-state index contributed by atoms with van der Waals surface area (Å²) in [5, 5.41) is 0. The van der Waals surface area contributed by atoms with Gasteiger partial charge in [0.15, 0.2) is 0 Å². The lowest BCUT2D eigenvalue weighted by Gasteiger charge is -2.26. The standard InChI is InChI=1S/C31H33NO4/c1-6-30(33)35-19-17-25-8-13-27(14-9-25)32(29-12-7-23(4)24(5)21-29)28-15-10-26(11-16-28)18-20-36-31(34)22(2)3/h6-16,21H,1-2,17-20H2,3-5H3. The Morgan fingerprint density at radius 2 is 1.28 bits per heavy atom. The summed E-state index contributed by atoms with van der Waals surface area (Å²) in [7, 11) is 0. The summed E-state index contributed by atoms with van der Waals surface area (Å²) >= 11 is 0. The van der Waals surface area contributed by atoms with Crippen molar-refractivity contribution in [2.45, 2.75) is 33.6 Å². The highest BCUT2D eigenvalue weighted by atomic mass is 16.5. The Balaban J connectivity index is 1.81. The predicted molar refractivity (Wildman–Crippen MR) is 145 cm³/mol. The van der Waals surface area contributed by atoms with Gasteiger partial charge >= 0.3 is 11.9 Å². The predicted octanol–water partition coefficient (Wildman–Crippen LogP) is 6.71. The molecule has 36 heavy (non-hydrogen) atoms. The van der Waals surface area contributed by atoms with E-state index in [1.54, 1.807) is 6.92 Å². The van der Waals surface area contributed by atoms with Crippen LogP contribution in [0.2, 0.25) is 0 Å². The van der Waals surface area contributed by atoms with E-state index in [1.165, 1.54) is 17.2 Å². The molecule has 3 aromatic carbocycles. The SMILES string of the molecule is C=CC(=O)OCCc1ccc(N(c2ccc(CCOC(=O)C(=C)C)cc2)c2ccc(C)c(C)c2)cc1. The monoisotopic (exact) mass is 483 g/mol. The quantitative estimate of drug-likeness (QED) is 0.224. The molecule has 0 bridgehead atoms. The molecule has 0 aliphatic rings. The summed E-state index contributed by atoms with van der Waals surface area (Å²) < 4.78 is 10.3. The fraction of sp³-hybridized carbons (Fsp3) is 0.226. The molecule has 0 aliphatic carbocycles. The van der Waals surface area contributed by atoms with Crippen LogP contribution in [-0.4, -0.2) is 25.2 Å². The molecule has 0 unspecified atom stereocenters. The second-order valence-corrected chi connectivity index (χ2v) is 8.72. The number of ether oxygens (including phenoxy) is 2. The molecule has 5 heteroatoms. The van der Waals surface area contributed by atoms with Crippen LogP contribution in [-0.2, 0) is 31.9 Å². The van der Waals surface area contributed by atoms with Crippen LogP contribution in [0.3, 0.4) is 0 Å². The zero-order chi connectivity index (χ0) is 26.1. The Bertz CT molecular complexity index is 1230. The van der Waals surface area contributed by atoms with Crippen LogP contribution in [0.5, 0.6) is 0 Å². The molecule has 5 nitrogen and oxygen atoms in total. The van der Waals surface area contributed by atoms with Gasteiger partial charge in [-0.15, -0.1) is 0 Å². The molecule has 0 atom stereocenters. The van der Waals surface area contributed by atoms with E-state index in [1.807, 2.05) is 0 Å². The average molecular weight is 484 g/mol. The number of anilines is 3. The molecule has 0 N–H and O–H groups in total. The first-order valence-electron chi connectivity index (χ1n) is 12.0. The molecule has 0 saturated heterocycles. The van der Waals surface area contributed by atoms with E-state index in [-0.39, 0.29) is 5.97 Å². The number of carbonyl (C=O) groups is 2. The molecule has 0 radical (unpaired) electrons. The van der Waals surface area contributed by atoms with Gasteiger partial charge < -0.3 is 14.4 Å². The van der Waals surface area contributed by atoms with Crippen molar-refractivity contribution in [2.75, 3.05) is 18.1 Å². The molecule has 0 aliphatic heterocycles. The van der Waals surface area contributed by atoms with Gasteiger partial charge in [-0.2, -0.15) is 0 Å². The first-order chi connectivity index (χ1) is 17.3. The number of hydrogen-bond acceptors (Lipinski definition) is 5. The van der Waals surface area contributed by atoms with Gasteiger partial charge in [0.25, 0.3) is 0 Å². The maximum Gasteiger partial charge on any atom is 0.333 e. The zero-order valence-electron chi connectivity index (χ0n) is 21.3. The van der Waals surface area contributed by atoms with Gasteiger partial charge in [-0.25, -0.2) is 9.59 Å². The van der Waals surface area contributed by atoms with E-state index in [2.05, 4.69) is 98.6 Å². The highest BCUT2D eigenvalue weighted by molar-refractivity contribution is 5.87. The largest absolute Gasteiger partial charge is 0.462 e. The van der Waals surface area contributed by atoms with Crippen molar-refractivity contribution in [3.8, 4) is 0 Å². The van der Waals surface area contributed by atoms with E-state index in [0.717, 1.165) is 28.2 Å². The minimum atomic E-state index is -0.412. The second kappa shape index (κ2) is 12.5. The Morgan fingerprint density at radius 3 is 1.75 bits per heavy atom. The Labute approximate surface area is 213 Å². The Kier molecular flexibility index (Phi) is 9.23. The van der Waals surface area contributed by atoms with Gasteiger partial charge in [-0.05, 0) is 79.4 Å². The number of nitrogens with zero attached hydrogens (tertiary/aromatic N) is 1. The van der Waals surface area contributed by atoms with E-state index < -0.39 is 5.97 Å². The number of benzene rings is 3. The smallest absolute Gasteiger partial charge is 0.333 e. The molecular weight excluding hydrogens is 450 g/mol. The van der Waals surface area contributed by atoms with E-state index >= 15 is 0 Å². The first-order valence-corrected chi connectivity index (χ1v) is 12.0. The van der Waals surface area contributed by atoms with Gasteiger partial charge in [0.2, 0.25) is 0 Å². The van der Waals surface area contributed by atoms with Crippen LogP contribution in [0.4, 0.5) is 17.1 Å². The minimum Gasteiger partial charge on any atom is -0.462 e. The first kappa shape index (κ1) is 26.5. The van der Waals surface area contributed by atoms with Crippen molar-refractivity contribution >= 4 is 29.0 Å². The van der Waals surface area contributed by atoms with Gasteiger partial charge in [0.05, 0.1) is 13.2 Å². The molecule has 0 fully saturated rings. The van der Waals surface area contributed by atoms with Gasteiger partial charge in [-0.3, -0.25) is 0 Å². The number of hydrogen-bond donors (Lipinski definition) is 0. The highest BCUT2D eigenvalue weighted by Gasteiger charge is 2.14. The molecule has 0 heterocycles. The maximum absolute atomic E-state index is 11.6. The van der Waals surface area contributed by atoms with E-state index in [9.17, 15) is 9.59 Å². The average Bonchev–Trinajstić information content (AvgIpc) is 2.88. The van der Waals surface area contributed by atoms with Crippen molar-refractivity contribution in [2.24, 2.45) is 0 Å². The van der Waals surface area contributed by atoms with Crippen molar-refractivity contribution in [1.82, 2.24) is 0 Å². The minimum absolute atomic E-state index is 0.314. The van der Waals surface area contributed by atoms with Crippen LogP contribution in [0.1, 0.15) is 29.2 Å². The Morgan fingerprint density at radius 1 is 0.778 bits per heavy atom. The molecule has 3 aromatic rings. The van der Waals surface area contributed by atoms with E-state index in [4.69, 9.17) is 9.47 Å². The third kappa shape index (κ3) is 7.19. The molecule has 0 amide bonds. The lowest BCUT2D eigenvalue weighted by molar-refractivity contribution is -0.139. The van der Waals surface area contributed by atoms with Gasteiger partial charge in [0, 0.05) is 41.6 Å². The molecule has 0 spiro atoms. The van der Waals surface area contributed by atoms with Crippen LogP contribution in [0, 0.1) is 13.8 Å². The summed E-state index contributed by atoms with van der Waals surface area (Å²) in [4.78, 5) is 25.1. The third-order valence-corrected chi connectivity index (χ3v) is 5.91. The van der Waals surface area contributed by atoms with E-state index in [0.29, 0.717) is 31.6 Å². The van der Waals surface area contributed by atoms with Crippen molar-refractivity contribution in [1.29, 1.82) is 0 Å². The van der Waals surface area contributed by atoms with Crippen LogP contribution >= 0.6 is 0 Å². The summed E-state index contributed by atoms with van der Waals surface area (Å²) in [5.74, 6) is -0.778. The molecule has 186 valence electrons. The number of aryl methyl sites for hydroxylation is 2.